The van der Waals surface area contributed by atoms with Crippen molar-refractivity contribution in [1.29, 1.82) is 0 Å². The van der Waals surface area contributed by atoms with E-state index in [2.05, 4.69) is 51.8 Å². The lowest BCUT2D eigenvalue weighted by Gasteiger charge is -2.32. The molecule has 1 aromatic heterocycles. The van der Waals surface area contributed by atoms with Crippen LogP contribution in [0.2, 0.25) is 0 Å². The minimum absolute atomic E-state index is 0. The van der Waals surface area contributed by atoms with Gasteiger partial charge in [-0.2, -0.15) is 0 Å². The summed E-state index contributed by atoms with van der Waals surface area (Å²) in [6.07, 6.45) is 3.23. The van der Waals surface area contributed by atoms with Gasteiger partial charge < -0.3 is 24.7 Å². The number of halogens is 1. The lowest BCUT2D eigenvalue weighted by atomic mass is 10.1. The van der Waals surface area contributed by atoms with Crippen LogP contribution >= 0.6 is 24.0 Å². The van der Waals surface area contributed by atoms with Crippen molar-refractivity contribution < 1.29 is 13.9 Å². The first-order chi connectivity index (χ1) is 15.6. The Morgan fingerprint density at radius 1 is 1.18 bits per heavy atom. The number of rotatable bonds is 8. The molecule has 0 radical (unpaired) electrons. The maximum atomic E-state index is 11.9. The van der Waals surface area contributed by atoms with Crippen LogP contribution in [0.3, 0.4) is 0 Å². The SMILES string of the molecule is CCOC(=O)N1CCC(NC(=NC)NCc2ccccc2CN(C)Cc2ccco2)CC1.I. The van der Waals surface area contributed by atoms with Crippen molar-refractivity contribution >= 4 is 36.0 Å². The van der Waals surface area contributed by atoms with Crippen molar-refractivity contribution in [2.45, 2.75) is 45.4 Å². The number of nitrogens with zero attached hydrogens (tertiary/aromatic N) is 3. The zero-order valence-electron chi connectivity index (χ0n) is 19.8. The maximum Gasteiger partial charge on any atom is 0.409 e. The smallest absolute Gasteiger partial charge is 0.409 e. The Morgan fingerprint density at radius 2 is 1.91 bits per heavy atom. The average Bonchev–Trinajstić information content (AvgIpc) is 3.31. The predicted molar refractivity (Wildman–Crippen MR) is 141 cm³/mol. The van der Waals surface area contributed by atoms with Crippen molar-refractivity contribution in [2.24, 2.45) is 4.99 Å². The van der Waals surface area contributed by atoms with Crippen LogP contribution in [0.25, 0.3) is 0 Å². The molecule has 9 heteroatoms. The molecule has 1 saturated heterocycles. The number of hydrogen-bond acceptors (Lipinski definition) is 5. The van der Waals surface area contributed by atoms with Crippen LogP contribution in [0.4, 0.5) is 4.79 Å². The highest BCUT2D eigenvalue weighted by Crippen LogP contribution is 2.14. The first-order valence-electron chi connectivity index (χ1n) is 11.3. The highest BCUT2D eigenvalue weighted by atomic mass is 127. The molecule has 33 heavy (non-hydrogen) atoms. The molecule has 0 spiro atoms. The number of aliphatic imine (C=N–C) groups is 1. The third kappa shape index (κ3) is 8.54. The van der Waals surface area contributed by atoms with Crippen molar-refractivity contribution in [2.75, 3.05) is 33.8 Å². The Kier molecular flexibility index (Phi) is 11.5. The monoisotopic (exact) mass is 569 g/mol. The molecule has 2 N–H and O–H groups in total. The van der Waals surface area contributed by atoms with E-state index in [-0.39, 0.29) is 36.1 Å². The molecule has 2 heterocycles. The molecule has 0 saturated carbocycles. The third-order valence-corrected chi connectivity index (χ3v) is 5.60. The van der Waals surface area contributed by atoms with E-state index in [0.717, 1.165) is 37.7 Å². The summed E-state index contributed by atoms with van der Waals surface area (Å²) < 4.78 is 10.6. The molecule has 182 valence electrons. The predicted octanol–water partition coefficient (Wildman–Crippen LogP) is 3.82. The van der Waals surface area contributed by atoms with E-state index in [0.29, 0.717) is 26.2 Å². The van der Waals surface area contributed by atoms with E-state index in [4.69, 9.17) is 9.15 Å². The number of nitrogens with one attached hydrogen (secondary N) is 2. The zero-order valence-corrected chi connectivity index (χ0v) is 22.1. The molecule has 2 aromatic rings. The van der Waals surface area contributed by atoms with Crippen LogP contribution in [0.5, 0.6) is 0 Å². The van der Waals surface area contributed by atoms with Gasteiger partial charge in [0.25, 0.3) is 0 Å². The number of furan rings is 1. The van der Waals surface area contributed by atoms with E-state index in [9.17, 15) is 4.79 Å². The minimum Gasteiger partial charge on any atom is -0.468 e. The average molecular weight is 569 g/mol. The number of piperidine rings is 1. The topological polar surface area (TPSA) is 82.3 Å². The first kappa shape index (κ1) is 27.0. The number of benzene rings is 1. The molecule has 0 aliphatic carbocycles. The van der Waals surface area contributed by atoms with Gasteiger partial charge in [-0.25, -0.2) is 4.79 Å². The zero-order chi connectivity index (χ0) is 22.8. The molecule has 0 bridgehead atoms. The molecular formula is C24H36IN5O3. The maximum absolute atomic E-state index is 11.9. The summed E-state index contributed by atoms with van der Waals surface area (Å²) in [5, 5.41) is 6.94. The van der Waals surface area contributed by atoms with Gasteiger partial charge in [-0.1, -0.05) is 24.3 Å². The van der Waals surface area contributed by atoms with E-state index in [1.807, 2.05) is 19.1 Å². The number of hydrogen-bond donors (Lipinski definition) is 2. The van der Waals surface area contributed by atoms with E-state index >= 15 is 0 Å². The fourth-order valence-corrected chi connectivity index (χ4v) is 3.89. The van der Waals surface area contributed by atoms with Gasteiger partial charge in [0.2, 0.25) is 0 Å². The van der Waals surface area contributed by atoms with Gasteiger partial charge in [-0.05, 0) is 50.1 Å². The summed E-state index contributed by atoms with van der Waals surface area (Å²) in [5.74, 6) is 1.74. The van der Waals surface area contributed by atoms with Crippen LogP contribution in [0.1, 0.15) is 36.7 Å². The molecule has 1 aliphatic heterocycles. The van der Waals surface area contributed by atoms with Crippen LogP contribution in [0, 0.1) is 0 Å². The summed E-state index contributed by atoms with van der Waals surface area (Å²) in [6.45, 7) is 5.91. The van der Waals surface area contributed by atoms with Crippen molar-refractivity contribution in [1.82, 2.24) is 20.4 Å². The standard InChI is InChI=1S/C24H35N5O3.HI/c1-4-31-24(30)29-13-11-21(12-14-29)27-23(25-2)26-16-19-8-5-6-9-20(19)17-28(3)18-22-10-7-15-32-22;/h5-10,15,21H,4,11-14,16-18H2,1-3H3,(H2,25,26,27);1H. The summed E-state index contributed by atoms with van der Waals surface area (Å²) >= 11 is 0. The van der Waals surface area contributed by atoms with Gasteiger partial charge >= 0.3 is 6.09 Å². The Bertz CT molecular complexity index is 867. The normalized spacial score (nSPS) is 14.7. The molecule has 1 aliphatic rings. The molecule has 3 rings (SSSR count). The van der Waals surface area contributed by atoms with Gasteiger partial charge in [0.05, 0.1) is 19.4 Å². The highest BCUT2D eigenvalue weighted by Gasteiger charge is 2.24. The first-order valence-corrected chi connectivity index (χ1v) is 11.3. The highest BCUT2D eigenvalue weighted by molar-refractivity contribution is 14.0. The van der Waals surface area contributed by atoms with E-state index < -0.39 is 0 Å². The Hall–Kier alpha value is -2.27. The largest absolute Gasteiger partial charge is 0.468 e. The molecule has 1 aromatic carbocycles. The van der Waals surface area contributed by atoms with Gasteiger partial charge in [-0.3, -0.25) is 9.89 Å². The summed E-state index contributed by atoms with van der Waals surface area (Å²) in [4.78, 5) is 20.3. The van der Waals surface area contributed by atoms with Gasteiger partial charge in [0.15, 0.2) is 5.96 Å². The number of guanidine groups is 1. The van der Waals surface area contributed by atoms with Crippen LogP contribution in [0.15, 0.2) is 52.1 Å². The summed E-state index contributed by atoms with van der Waals surface area (Å²) in [5.41, 5.74) is 2.51. The Morgan fingerprint density at radius 3 is 2.55 bits per heavy atom. The molecule has 0 unspecified atom stereocenters. The summed E-state index contributed by atoms with van der Waals surface area (Å²) in [7, 11) is 3.88. The van der Waals surface area contributed by atoms with Crippen LogP contribution in [-0.2, 0) is 24.4 Å². The second-order valence-corrected chi connectivity index (χ2v) is 8.05. The van der Waals surface area contributed by atoms with Crippen molar-refractivity contribution in [3.05, 3.63) is 59.5 Å². The number of ether oxygens (including phenoxy) is 1. The number of likely N-dealkylation sites (tertiary alicyclic amines) is 1. The van der Waals surface area contributed by atoms with E-state index in [1.54, 1.807) is 18.2 Å². The second-order valence-electron chi connectivity index (χ2n) is 8.05. The molecule has 0 atom stereocenters. The Labute approximate surface area is 213 Å². The van der Waals surface area contributed by atoms with Crippen molar-refractivity contribution in [3.63, 3.8) is 0 Å². The summed E-state index contributed by atoms with van der Waals surface area (Å²) in [6, 6.07) is 12.6. The molecule has 1 amide bonds. The molecular weight excluding hydrogens is 533 g/mol. The number of carbonyl (C=O) groups is 1. The lowest BCUT2D eigenvalue weighted by Crippen LogP contribution is -2.49. The van der Waals surface area contributed by atoms with Gasteiger partial charge in [-0.15, -0.1) is 24.0 Å². The van der Waals surface area contributed by atoms with Gasteiger partial charge in [0.1, 0.15) is 5.76 Å². The third-order valence-electron chi connectivity index (χ3n) is 5.60. The Balaban J connectivity index is 0.00000385. The lowest BCUT2D eigenvalue weighted by molar-refractivity contribution is 0.0963. The van der Waals surface area contributed by atoms with Crippen molar-refractivity contribution in [3.8, 4) is 0 Å². The fraction of sp³-hybridized carbons (Fsp3) is 0.500. The van der Waals surface area contributed by atoms with Crippen LogP contribution < -0.4 is 10.6 Å². The fourth-order valence-electron chi connectivity index (χ4n) is 3.89. The van der Waals surface area contributed by atoms with E-state index in [1.165, 1.54) is 11.1 Å². The number of amides is 1. The molecule has 8 nitrogen and oxygen atoms in total. The quantitative estimate of drug-likeness (QED) is 0.286. The van der Waals surface area contributed by atoms with Gasteiger partial charge in [0, 0.05) is 39.3 Å². The second kappa shape index (κ2) is 14.1. The van der Waals surface area contributed by atoms with Crippen LogP contribution in [-0.4, -0.2) is 61.7 Å². The minimum atomic E-state index is -0.220. The molecule has 1 fully saturated rings. The number of carbonyl (C=O) groups excluding carboxylic acids is 1.